The molecule has 4 nitrogen and oxygen atoms in total. The van der Waals surface area contributed by atoms with Gasteiger partial charge in [-0.15, -0.1) is 0 Å². The van der Waals surface area contributed by atoms with Crippen LogP contribution in [0.5, 0.6) is 0 Å². The van der Waals surface area contributed by atoms with E-state index in [1.54, 1.807) is 6.07 Å². The van der Waals surface area contributed by atoms with Gasteiger partial charge in [-0.2, -0.15) is 0 Å². The van der Waals surface area contributed by atoms with Crippen LogP contribution in [0.25, 0.3) is 0 Å². The van der Waals surface area contributed by atoms with Gasteiger partial charge in [-0.1, -0.05) is 39.2 Å². The molecule has 1 aliphatic carbocycles. The van der Waals surface area contributed by atoms with Gasteiger partial charge in [-0.25, -0.2) is 13.2 Å². The Hall–Kier alpha value is -1.36. The quantitative estimate of drug-likeness (QED) is 0.748. The summed E-state index contributed by atoms with van der Waals surface area (Å²) in [6.45, 7) is 4.23. The number of methoxy groups -OCH3 is 1. The van der Waals surface area contributed by atoms with Crippen molar-refractivity contribution >= 4 is 15.8 Å². The highest BCUT2D eigenvalue weighted by Gasteiger charge is 2.29. The molecule has 1 aromatic rings. The van der Waals surface area contributed by atoms with Gasteiger partial charge in [-0.05, 0) is 48.3 Å². The van der Waals surface area contributed by atoms with E-state index < -0.39 is 15.8 Å². The van der Waals surface area contributed by atoms with Crippen molar-refractivity contribution in [2.24, 2.45) is 5.92 Å². The standard InChI is InChI=1S/C19H28O4S/c1-5-6-16-17(19(20)23-3)12-11-15(18(16)24(4,21)22)14-9-7-13(2)8-10-14/h11-14H,5-10H2,1-4H3. The highest BCUT2D eigenvalue weighted by atomic mass is 32.2. The second-order valence-electron chi connectivity index (χ2n) is 6.98. The third-order valence-electron chi connectivity index (χ3n) is 5.02. The number of hydrogen-bond acceptors (Lipinski definition) is 4. The van der Waals surface area contributed by atoms with Gasteiger partial charge in [0.2, 0.25) is 0 Å². The van der Waals surface area contributed by atoms with Crippen molar-refractivity contribution in [3.63, 3.8) is 0 Å². The van der Waals surface area contributed by atoms with E-state index in [0.29, 0.717) is 28.4 Å². The Morgan fingerprint density at radius 1 is 1.21 bits per heavy atom. The largest absolute Gasteiger partial charge is 0.465 e. The minimum Gasteiger partial charge on any atom is -0.465 e. The van der Waals surface area contributed by atoms with E-state index in [-0.39, 0.29) is 5.92 Å². The fourth-order valence-electron chi connectivity index (χ4n) is 3.78. The smallest absolute Gasteiger partial charge is 0.338 e. The highest BCUT2D eigenvalue weighted by molar-refractivity contribution is 7.90. The third-order valence-corrected chi connectivity index (χ3v) is 6.25. The molecular weight excluding hydrogens is 324 g/mol. The van der Waals surface area contributed by atoms with E-state index in [9.17, 15) is 13.2 Å². The monoisotopic (exact) mass is 352 g/mol. The van der Waals surface area contributed by atoms with Gasteiger partial charge in [0.1, 0.15) is 0 Å². The molecule has 24 heavy (non-hydrogen) atoms. The Labute approximate surface area is 145 Å². The fourth-order valence-corrected chi connectivity index (χ4v) is 5.10. The topological polar surface area (TPSA) is 60.4 Å². The minimum absolute atomic E-state index is 0.258. The first kappa shape index (κ1) is 19.0. The highest BCUT2D eigenvalue weighted by Crippen LogP contribution is 2.40. The predicted molar refractivity (Wildman–Crippen MR) is 95.3 cm³/mol. The molecule has 0 unspecified atom stereocenters. The molecule has 0 atom stereocenters. The summed E-state index contributed by atoms with van der Waals surface area (Å²) in [5.41, 5.74) is 1.90. The number of carbonyl (C=O) groups is 1. The van der Waals surface area contributed by atoms with E-state index in [1.807, 2.05) is 13.0 Å². The van der Waals surface area contributed by atoms with E-state index in [1.165, 1.54) is 13.4 Å². The van der Waals surface area contributed by atoms with E-state index in [4.69, 9.17) is 4.74 Å². The lowest BCUT2D eigenvalue weighted by molar-refractivity contribution is 0.0599. The number of sulfone groups is 1. The predicted octanol–water partition coefficient (Wildman–Crippen LogP) is 4.12. The van der Waals surface area contributed by atoms with Crippen LogP contribution in [0.1, 0.15) is 73.4 Å². The van der Waals surface area contributed by atoms with E-state index in [2.05, 4.69) is 6.92 Å². The zero-order valence-corrected chi connectivity index (χ0v) is 15.9. The van der Waals surface area contributed by atoms with Crippen molar-refractivity contribution in [2.75, 3.05) is 13.4 Å². The molecule has 1 saturated carbocycles. The number of ether oxygens (including phenoxy) is 1. The van der Waals surface area contributed by atoms with Crippen LogP contribution in [-0.4, -0.2) is 27.8 Å². The number of esters is 1. The normalized spacial score (nSPS) is 21.5. The Balaban J connectivity index is 2.63. The van der Waals surface area contributed by atoms with Crippen LogP contribution in [-0.2, 0) is 21.0 Å². The number of hydrogen-bond donors (Lipinski definition) is 0. The molecule has 1 aliphatic rings. The summed E-state index contributed by atoms with van der Waals surface area (Å²) >= 11 is 0. The fraction of sp³-hybridized carbons (Fsp3) is 0.632. The number of benzene rings is 1. The van der Waals surface area contributed by atoms with Crippen molar-refractivity contribution in [1.82, 2.24) is 0 Å². The molecule has 1 aromatic carbocycles. The zero-order valence-electron chi connectivity index (χ0n) is 15.1. The number of rotatable bonds is 5. The first-order chi connectivity index (χ1) is 11.3. The molecule has 0 heterocycles. The molecule has 5 heteroatoms. The summed E-state index contributed by atoms with van der Waals surface area (Å²) in [7, 11) is -2.09. The van der Waals surface area contributed by atoms with Crippen LogP contribution in [0.4, 0.5) is 0 Å². The number of carbonyl (C=O) groups excluding carboxylic acids is 1. The lowest BCUT2D eigenvalue weighted by Gasteiger charge is -2.29. The second-order valence-corrected chi connectivity index (χ2v) is 8.93. The molecule has 2 rings (SSSR count). The molecule has 1 fully saturated rings. The summed E-state index contributed by atoms with van der Waals surface area (Å²) in [5, 5.41) is 0. The van der Waals surface area contributed by atoms with Gasteiger partial charge in [0.15, 0.2) is 9.84 Å². The maximum absolute atomic E-state index is 12.6. The lowest BCUT2D eigenvalue weighted by atomic mass is 9.78. The SMILES string of the molecule is CCCc1c(C(=O)OC)ccc(C2CCC(C)CC2)c1S(C)(=O)=O. The Kier molecular flexibility index (Phi) is 6.07. The molecule has 0 N–H and O–H groups in total. The molecule has 134 valence electrons. The van der Waals surface area contributed by atoms with Crippen LogP contribution in [0.3, 0.4) is 0 Å². The molecule has 0 aliphatic heterocycles. The van der Waals surface area contributed by atoms with Crippen LogP contribution in [0, 0.1) is 5.92 Å². The summed E-state index contributed by atoms with van der Waals surface area (Å²) in [5.74, 6) is 0.493. The molecule has 0 amide bonds. The van der Waals surface area contributed by atoms with Crippen molar-refractivity contribution in [1.29, 1.82) is 0 Å². The van der Waals surface area contributed by atoms with Crippen LogP contribution < -0.4 is 0 Å². The maximum atomic E-state index is 12.6. The van der Waals surface area contributed by atoms with E-state index in [0.717, 1.165) is 37.7 Å². The van der Waals surface area contributed by atoms with Gasteiger partial charge in [0.05, 0.1) is 17.6 Å². The van der Waals surface area contributed by atoms with Gasteiger partial charge >= 0.3 is 5.97 Å². The summed E-state index contributed by atoms with van der Waals surface area (Å²) < 4.78 is 30.0. The first-order valence-corrected chi connectivity index (χ1v) is 10.6. The Morgan fingerprint density at radius 2 is 1.83 bits per heavy atom. The van der Waals surface area contributed by atoms with Crippen molar-refractivity contribution in [3.8, 4) is 0 Å². The summed E-state index contributed by atoms with van der Waals surface area (Å²) in [6.07, 6.45) is 6.84. The van der Waals surface area contributed by atoms with Crippen molar-refractivity contribution < 1.29 is 17.9 Å². The first-order valence-electron chi connectivity index (χ1n) is 8.73. The van der Waals surface area contributed by atoms with Gasteiger partial charge in [-0.3, -0.25) is 0 Å². The second kappa shape index (κ2) is 7.68. The van der Waals surface area contributed by atoms with Crippen molar-refractivity contribution in [3.05, 3.63) is 28.8 Å². The molecule has 0 radical (unpaired) electrons. The van der Waals surface area contributed by atoms with Crippen LogP contribution >= 0.6 is 0 Å². The van der Waals surface area contributed by atoms with Gasteiger partial charge in [0, 0.05) is 6.26 Å². The van der Waals surface area contributed by atoms with E-state index >= 15 is 0 Å². The molecule has 0 saturated heterocycles. The summed E-state index contributed by atoms with van der Waals surface area (Å²) in [4.78, 5) is 12.5. The lowest BCUT2D eigenvalue weighted by Crippen LogP contribution is -2.18. The molecule has 0 spiro atoms. The minimum atomic E-state index is -3.42. The average Bonchev–Trinajstić information content (AvgIpc) is 2.53. The average molecular weight is 352 g/mol. The Bertz CT molecular complexity index is 698. The summed E-state index contributed by atoms with van der Waals surface area (Å²) in [6, 6.07) is 3.58. The molecule has 0 bridgehead atoms. The molecular formula is C19H28O4S. The van der Waals surface area contributed by atoms with Crippen LogP contribution in [0.15, 0.2) is 17.0 Å². The van der Waals surface area contributed by atoms with Gasteiger partial charge < -0.3 is 4.74 Å². The third kappa shape index (κ3) is 4.00. The van der Waals surface area contributed by atoms with Crippen LogP contribution in [0.2, 0.25) is 0 Å². The maximum Gasteiger partial charge on any atom is 0.338 e. The molecule has 0 aromatic heterocycles. The zero-order chi connectivity index (χ0) is 17.9. The van der Waals surface area contributed by atoms with Crippen molar-refractivity contribution in [2.45, 2.75) is 63.2 Å². The Morgan fingerprint density at radius 3 is 2.33 bits per heavy atom. The van der Waals surface area contributed by atoms with Gasteiger partial charge in [0.25, 0.3) is 0 Å².